The van der Waals surface area contributed by atoms with E-state index in [1.807, 2.05) is 30.3 Å². The van der Waals surface area contributed by atoms with Crippen molar-refractivity contribution in [2.45, 2.75) is 13.0 Å². The molecular weight excluding hydrogens is 614 g/mol. The minimum absolute atomic E-state index is 0.0714. The smallest absolute Gasteiger partial charge is 0.338 e. The number of phenolic OH excluding ortho intramolecular Hbond substituents is 1. The Balaban J connectivity index is 1.85. The van der Waals surface area contributed by atoms with Crippen molar-refractivity contribution >= 4 is 50.7 Å². The monoisotopic (exact) mass is 635 g/mol. The van der Waals surface area contributed by atoms with Crippen LogP contribution < -0.4 is 19.6 Å². The number of nitrogens with zero attached hydrogens (tertiary/aromatic N) is 3. The molecule has 0 bridgehead atoms. The van der Waals surface area contributed by atoms with E-state index in [2.05, 4.69) is 15.9 Å². The maximum Gasteiger partial charge on any atom is 0.338 e. The Hall–Kier alpha value is -4.55. The summed E-state index contributed by atoms with van der Waals surface area (Å²) in [5.74, 6) is -0.680. The van der Waals surface area contributed by atoms with Crippen LogP contribution in [0.4, 0.5) is 5.69 Å². The first kappa shape index (κ1) is 28.0. The number of ether oxygens (including phenoxy) is 2. The van der Waals surface area contributed by atoms with E-state index in [4.69, 9.17) is 14.5 Å². The molecule has 1 aliphatic rings. The molecule has 0 saturated carbocycles. The highest BCUT2D eigenvalue weighted by atomic mass is 79.9. The van der Waals surface area contributed by atoms with E-state index in [1.165, 1.54) is 29.9 Å². The molecule has 208 valence electrons. The van der Waals surface area contributed by atoms with E-state index in [0.717, 1.165) is 11.3 Å². The van der Waals surface area contributed by atoms with Crippen molar-refractivity contribution in [3.63, 3.8) is 0 Å². The number of methoxy groups -OCH3 is 1. The molecule has 0 fully saturated rings. The van der Waals surface area contributed by atoms with Gasteiger partial charge in [-0.05, 0) is 36.8 Å². The van der Waals surface area contributed by atoms with E-state index in [9.17, 15) is 24.8 Å². The molecule has 5 rings (SSSR count). The molecule has 10 nitrogen and oxygen atoms in total. The fraction of sp³-hybridized carbons (Fsp3) is 0.138. The number of thiazole rings is 1. The van der Waals surface area contributed by atoms with E-state index in [0.29, 0.717) is 31.8 Å². The Morgan fingerprint density at radius 1 is 1.20 bits per heavy atom. The summed E-state index contributed by atoms with van der Waals surface area (Å²) in [6.45, 7) is 1.81. The number of fused-ring (bicyclic) bond motifs is 1. The van der Waals surface area contributed by atoms with Crippen LogP contribution in [0, 0.1) is 10.1 Å². The van der Waals surface area contributed by atoms with Gasteiger partial charge >= 0.3 is 11.7 Å². The number of halogens is 1. The fourth-order valence-corrected chi connectivity index (χ4v) is 6.02. The molecule has 1 aliphatic heterocycles. The third-order valence-corrected chi connectivity index (χ3v) is 7.79. The molecular formula is C29H22BrN3O7S. The summed E-state index contributed by atoms with van der Waals surface area (Å²) in [5.41, 5.74) is 0.825. The van der Waals surface area contributed by atoms with Crippen molar-refractivity contribution < 1.29 is 24.3 Å². The molecule has 0 spiro atoms. The average molecular weight is 636 g/mol. The van der Waals surface area contributed by atoms with Crippen LogP contribution in [0.1, 0.15) is 29.7 Å². The summed E-state index contributed by atoms with van der Waals surface area (Å²) in [6, 6.07) is 17.8. The quantitative estimate of drug-likeness (QED) is 0.182. The van der Waals surface area contributed by atoms with Crippen LogP contribution in [-0.4, -0.2) is 34.3 Å². The lowest BCUT2D eigenvalue weighted by atomic mass is 9.93. The molecule has 2 heterocycles. The number of aromatic nitrogens is 1. The number of carbonyl (C=O) groups excluding carboxylic acids is 1. The number of rotatable bonds is 7. The standard InChI is InChI=1S/C29H22BrN3O7S/c1-3-40-28(36)23-24(16-8-5-4-6-9-16)31-29-32(25(23)17-10-7-11-20(13-17)39-2)27(35)22(41-29)14-18-12-19(30)15-21(26(18)34)33(37)38/h4-15,25,34H,3H2,1-2H3/b22-14-/t25-/m1/s1. The van der Waals surface area contributed by atoms with E-state index in [1.54, 1.807) is 31.2 Å². The molecule has 41 heavy (non-hydrogen) atoms. The number of carbonyl (C=O) groups is 1. The molecule has 12 heteroatoms. The predicted octanol–water partition coefficient (Wildman–Crippen LogP) is 4.32. The number of nitro groups is 1. The van der Waals surface area contributed by atoms with Crippen molar-refractivity contribution in [1.29, 1.82) is 0 Å². The summed E-state index contributed by atoms with van der Waals surface area (Å²) >= 11 is 4.26. The highest BCUT2D eigenvalue weighted by Crippen LogP contribution is 2.37. The molecule has 0 unspecified atom stereocenters. The largest absolute Gasteiger partial charge is 0.502 e. The van der Waals surface area contributed by atoms with Gasteiger partial charge in [0.05, 0.1) is 40.5 Å². The highest BCUT2D eigenvalue weighted by molar-refractivity contribution is 9.10. The van der Waals surface area contributed by atoms with Gasteiger partial charge in [0.25, 0.3) is 5.56 Å². The molecule has 0 saturated heterocycles. The van der Waals surface area contributed by atoms with Crippen LogP contribution in [0.3, 0.4) is 0 Å². The number of benzene rings is 3. The van der Waals surface area contributed by atoms with Gasteiger partial charge in [-0.1, -0.05) is 69.7 Å². The molecule has 0 amide bonds. The summed E-state index contributed by atoms with van der Waals surface area (Å²) in [7, 11) is 1.52. The first-order valence-corrected chi connectivity index (χ1v) is 13.9. The first-order valence-electron chi connectivity index (χ1n) is 12.3. The second kappa shape index (κ2) is 11.5. The van der Waals surface area contributed by atoms with Gasteiger partial charge in [0, 0.05) is 21.7 Å². The maximum absolute atomic E-state index is 14.0. The molecule has 1 aromatic heterocycles. The van der Waals surface area contributed by atoms with E-state index >= 15 is 0 Å². The fourth-order valence-electron chi connectivity index (χ4n) is 4.56. The van der Waals surface area contributed by atoms with Crippen LogP contribution in [0.2, 0.25) is 0 Å². The van der Waals surface area contributed by atoms with Crippen LogP contribution in [0.15, 0.2) is 86.6 Å². The van der Waals surface area contributed by atoms with Crippen molar-refractivity contribution in [2.75, 3.05) is 13.7 Å². The highest BCUT2D eigenvalue weighted by Gasteiger charge is 2.35. The van der Waals surface area contributed by atoms with E-state index in [-0.39, 0.29) is 22.3 Å². The topological polar surface area (TPSA) is 133 Å². The van der Waals surface area contributed by atoms with Gasteiger partial charge in [0.2, 0.25) is 5.75 Å². The maximum atomic E-state index is 14.0. The second-order valence-corrected chi connectivity index (χ2v) is 10.8. The number of aromatic hydroxyl groups is 1. The van der Waals surface area contributed by atoms with Crippen LogP contribution in [0.25, 0.3) is 11.8 Å². The van der Waals surface area contributed by atoms with Crippen LogP contribution in [0.5, 0.6) is 11.5 Å². The zero-order chi connectivity index (χ0) is 29.3. The molecule has 0 aliphatic carbocycles. The molecule has 0 radical (unpaired) electrons. The Morgan fingerprint density at radius 3 is 2.63 bits per heavy atom. The van der Waals surface area contributed by atoms with Gasteiger partial charge in [0.15, 0.2) is 4.80 Å². The van der Waals surface area contributed by atoms with Gasteiger partial charge in [0.1, 0.15) is 5.75 Å². The lowest BCUT2D eigenvalue weighted by Crippen LogP contribution is -2.40. The summed E-state index contributed by atoms with van der Waals surface area (Å²) in [4.78, 5) is 43.3. The molecule has 3 aromatic carbocycles. The Labute approximate surface area is 245 Å². The lowest BCUT2D eigenvalue weighted by Gasteiger charge is -2.26. The summed E-state index contributed by atoms with van der Waals surface area (Å²) in [6.07, 6.45) is 1.37. The summed E-state index contributed by atoms with van der Waals surface area (Å²) < 4.78 is 12.8. The number of hydrogen-bond acceptors (Lipinski definition) is 9. The van der Waals surface area contributed by atoms with Gasteiger partial charge in [-0.3, -0.25) is 19.5 Å². The Bertz CT molecular complexity index is 1900. The normalized spacial score (nSPS) is 14.8. The zero-order valence-corrected chi connectivity index (χ0v) is 24.1. The Kier molecular flexibility index (Phi) is 7.86. The van der Waals surface area contributed by atoms with Crippen LogP contribution in [-0.2, 0) is 9.53 Å². The number of hydrogen-bond donors (Lipinski definition) is 1. The van der Waals surface area contributed by atoms with Gasteiger partial charge in [-0.25, -0.2) is 9.79 Å². The van der Waals surface area contributed by atoms with Crippen LogP contribution >= 0.6 is 27.3 Å². The second-order valence-electron chi connectivity index (χ2n) is 8.83. The number of esters is 1. The first-order chi connectivity index (χ1) is 19.7. The van der Waals surface area contributed by atoms with Crippen molar-refractivity contribution in [1.82, 2.24) is 4.57 Å². The number of nitro benzene ring substituents is 1. The average Bonchev–Trinajstić information content (AvgIpc) is 3.28. The predicted molar refractivity (Wildman–Crippen MR) is 157 cm³/mol. The molecule has 1 N–H and O–H groups in total. The third kappa shape index (κ3) is 5.31. The lowest BCUT2D eigenvalue weighted by molar-refractivity contribution is -0.385. The summed E-state index contributed by atoms with van der Waals surface area (Å²) in [5, 5.41) is 22.0. The van der Waals surface area contributed by atoms with Gasteiger partial charge < -0.3 is 14.6 Å². The van der Waals surface area contributed by atoms with Gasteiger partial charge in [-0.15, -0.1) is 0 Å². The molecule has 4 aromatic rings. The zero-order valence-electron chi connectivity index (χ0n) is 21.7. The van der Waals surface area contributed by atoms with Crippen molar-refractivity contribution in [3.05, 3.63) is 123 Å². The van der Waals surface area contributed by atoms with Crippen molar-refractivity contribution in [3.8, 4) is 11.5 Å². The number of phenols is 1. The minimum Gasteiger partial charge on any atom is -0.502 e. The van der Waals surface area contributed by atoms with Gasteiger partial charge in [-0.2, -0.15) is 0 Å². The SMILES string of the molecule is CCOC(=O)C1=C(c2ccccc2)N=c2s/c(=C\c3cc(Br)cc([N+](=O)[O-])c3O)c(=O)n2[C@@H]1c1cccc(OC)c1. The van der Waals surface area contributed by atoms with E-state index < -0.39 is 33.9 Å². The Morgan fingerprint density at radius 2 is 1.95 bits per heavy atom. The molecule has 1 atom stereocenters. The minimum atomic E-state index is -0.928. The van der Waals surface area contributed by atoms with Crippen molar-refractivity contribution in [2.24, 2.45) is 4.99 Å². The third-order valence-electron chi connectivity index (χ3n) is 6.35.